The molecule has 36 heavy (non-hydrogen) atoms. The van der Waals surface area contributed by atoms with Crippen LogP contribution in [0.1, 0.15) is 5.56 Å². The van der Waals surface area contributed by atoms with Crippen molar-refractivity contribution in [1.82, 2.24) is 15.0 Å². The van der Waals surface area contributed by atoms with Crippen molar-refractivity contribution >= 4 is 32.7 Å². The van der Waals surface area contributed by atoms with Crippen LogP contribution in [0.2, 0.25) is 0 Å². The highest BCUT2D eigenvalue weighted by Gasteiger charge is 2.20. The third-order valence-electron chi connectivity index (χ3n) is 6.56. The minimum atomic E-state index is 0.592. The average molecular weight is 464 g/mol. The molecule has 7 aromatic rings. The Bertz CT molecular complexity index is 1830. The van der Waals surface area contributed by atoms with Gasteiger partial charge in [0.05, 0.1) is 5.56 Å². The van der Waals surface area contributed by atoms with Gasteiger partial charge >= 0.3 is 0 Å². The molecule has 2 heterocycles. The molecule has 0 atom stereocenters. The zero-order valence-electron chi connectivity index (χ0n) is 19.6. The van der Waals surface area contributed by atoms with Gasteiger partial charge in [-0.05, 0) is 29.8 Å². The predicted molar refractivity (Wildman–Crippen MR) is 146 cm³/mol. The van der Waals surface area contributed by atoms with E-state index in [1.165, 1.54) is 10.9 Å². The van der Waals surface area contributed by atoms with Crippen molar-refractivity contribution in [2.24, 2.45) is 0 Å². The first kappa shape index (κ1) is 20.5. The first-order valence-corrected chi connectivity index (χ1v) is 12.0. The molecular weight excluding hydrogens is 442 g/mol. The first-order valence-electron chi connectivity index (χ1n) is 12.0. The molecule has 0 aliphatic rings. The molecule has 0 bridgehead atoms. The summed E-state index contributed by atoms with van der Waals surface area (Å²) in [4.78, 5) is 14.8. The molecule has 7 rings (SSSR count). The summed E-state index contributed by atoms with van der Waals surface area (Å²) in [5.41, 5.74) is 5.59. The molecule has 0 spiro atoms. The van der Waals surface area contributed by atoms with Gasteiger partial charge in [-0.15, -0.1) is 0 Å². The molecule has 0 saturated heterocycles. The Hall–Kier alpha value is -4.83. The topological polar surface area (TPSA) is 51.8 Å². The lowest BCUT2D eigenvalue weighted by Gasteiger charge is -2.10. The lowest BCUT2D eigenvalue weighted by atomic mass is 9.98. The van der Waals surface area contributed by atoms with E-state index in [1.807, 2.05) is 72.8 Å². The SMILES string of the molecule is Cc1ccc2cc(-c3nc(-c4ccccc4)nc(-c4ccccc4)n3)c3oc4ccccc4c3c2c1. The van der Waals surface area contributed by atoms with E-state index in [9.17, 15) is 0 Å². The molecule has 4 heteroatoms. The molecular formula is C32H21N3O. The molecule has 0 amide bonds. The third-order valence-corrected chi connectivity index (χ3v) is 6.56. The third kappa shape index (κ3) is 3.35. The van der Waals surface area contributed by atoms with E-state index < -0.39 is 0 Å². The Morgan fingerprint density at radius 3 is 1.86 bits per heavy atom. The summed E-state index contributed by atoms with van der Waals surface area (Å²) < 4.78 is 6.48. The van der Waals surface area contributed by atoms with Crippen LogP contribution in [0.4, 0.5) is 0 Å². The van der Waals surface area contributed by atoms with E-state index in [2.05, 4.69) is 43.3 Å². The van der Waals surface area contributed by atoms with E-state index in [4.69, 9.17) is 19.4 Å². The number of rotatable bonds is 3. The second kappa shape index (κ2) is 8.14. The molecule has 0 aliphatic heterocycles. The molecule has 4 nitrogen and oxygen atoms in total. The van der Waals surface area contributed by atoms with Crippen LogP contribution < -0.4 is 0 Å². The van der Waals surface area contributed by atoms with Gasteiger partial charge in [-0.2, -0.15) is 0 Å². The van der Waals surface area contributed by atoms with Crippen molar-refractivity contribution in [3.63, 3.8) is 0 Å². The number of aryl methyl sites for hydroxylation is 1. The van der Waals surface area contributed by atoms with Gasteiger partial charge in [0.1, 0.15) is 11.2 Å². The van der Waals surface area contributed by atoms with Crippen molar-refractivity contribution in [2.45, 2.75) is 6.92 Å². The second-order valence-electron chi connectivity index (χ2n) is 8.99. The summed E-state index contributed by atoms with van der Waals surface area (Å²) >= 11 is 0. The maximum Gasteiger partial charge on any atom is 0.167 e. The number of hydrogen-bond donors (Lipinski definition) is 0. The largest absolute Gasteiger partial charge is 0.455 e. The minimum absolute atomic E-state index is 0.592. The van der Waals surface area contributed by atoms with Crippen LogP contribution in [0, 0.1) is 6.92 Å². The molecule has 0 saturated carbocycles. The lowest BCUT2D eigenvalue weighted by molar-refractivity contribution is 0.670. The summed E-state index contributed by atoms with van der Waals surface area (Å²) in [6, 6.07) is 36.9. The maximum atomic E-state index is 6.48. The Morgan fingerprint density at radius 1 is 0.556 bits per heavy atom. The van der Waals surface area contributed by atoms with Gasteiger partial charge < -0.3 is 4.42 Å². The summed E-state index contributed by atoms with van der Waals surface area (Å²) in [6.45, 7) is 2.12. The van der Waals surface area contributed by atoms with Gasteiger partial charge in [0.25, 0.3) is 0 Å². The van der Waals surface area contributed by atoms with Gasteiger partial charge in [-0.1, -0.05) is 103 Å². The monoisotopic (exact) mass is 463 g/mol. The summed E-state index contributed by atoms with van der Waals surface area (Å²) in [6.07, 6.45) is 0. The minimum Gasteiger partial charge on any atom is -0.455 e. The van der Waals surface area contributed by atoms with Crippen LogP contribution in [-0.2, 0) is 0 Å². The molecule has 0 N–H and O–H groups in total. The van der Waals surface area contributed by atoms with Gasteiger partial charge in [-0.25, -0.2) is 15.0 Å². The van der Waals surface area contributed by atoms with Gasteiger partial charge in [0, 0.05) is 21.9 Å². The van der Waals surface area contributed by atoms with E-state index in [-0.39, 0.29) is 0 Å². The lowest BCUT2D eigenvalue weighted by Crippen LogP contribution is -2.00. The standard InChI is InChI=1S/C32H21N3O/c1-20-16-17-23-19-26(29-28(25(23)18-20)24-14-8-9-15-27(24)36-29)32-34-30(21-10-4-2-5-11-21)33-31(35-32)22-12-6-3-7-13-22/h2-19H,1H3. The molecule has 2 aromatic heterocycles. The summed E-state index contributed by atoms with van der Waals surface area (Å²) in [7, 11) is 0. The predicted octanol–water partition coefficient (Wildman–Crippen LogP) is 8.23. The fraction of sp³-hybridized carbons (Fsp3) is 0.0312. The maximum absolute atomic E-state index is 6.48. The average Bonchev–Trinajstić information content (AvgIpc) is 3.33. The van der Waals surface area contributed by atoms with E-state index in [1.54, 1.807) is 0 Å². The van der Waals surface area contributed by atoms with E-state index >= 15 is 0 Å². The normalized spacial score (nSPS) is 11.5. The Balaban J connectivity index is 1.59. The quantitative estimate of drug-likeness (QED) is 0.265. The number of fused-ring (bicyclic) bond motifs is 5. The van der Waals surface area contributed by atoms with E-state index in [0.29, 0.717) is 17.5 Å². The highest BCUT2D eigenvalue weighted by Crippen LogP contribution is 2.40. The highest BCUT2D eigenvalue weighted by atomic mass is 16.3. The van der Waals surface area contributed by atoms with Crippen molar-refractivity contribution in [3.8, 4) is 34.2 Å². The van der Waals surface area contributed by atoms with Crippen LogP contribution in [0.25, 0.3) is 66.9 Å². The van der Waals surface area contributed by atoms with Crippen LogP contribution in [-0.4, -0.2) is 15.0 Å². The van der Waals surface area contributed by atoms with Crippen molar-refractivity contribution in [2.75, 3.05) is 0 Å². The van der Waals surface area contributed by atoms with Gasteiger partial charge in [0.15, 0.2) is 17.5 Å². The van der Waals surface area contributed by atoms with Gasteiger partial charge in [-0.3, -0.25) is 0 Å². The highest BCUT2D eigenvalue weighted by molar-refractivity contribution is 6.22. The fourth-order valence-electron chi connectivity index (χ4n) is 4.83. The van der Waals surface area contributed by atoms with Crippen LogP contribution in [0.5, 0.6) is 0 Å². The number of hydrogen-bond acceptors (Lipinski definition) is 4. The van der Waals surface area contributed by atoms with Crippen LogP contribution >= 0.6 is 0 Å². The van der Waals surface area contributed by atoms with Gasteiger partial charge in [0.2, 0.25) is 0 Å². The van der Waals surface area contributed by atoms with Crippen LogP contribution in [0.15, 0.2) is 114 Å². The Kier molecular flexibility index (Phi) is 4.64. The summed E-state index contributed by atoms with van der Waals surface area (Å²) in [5.74, 6) is 1.86. The van der Waals surface area contributed by atoms with Crippen molar-refractivity contribution in [1.29, 1.82) is 0 Å². The Morgan fingerprint density at radius 2 is 1.17 bits per heavy atom. The molecule has 0 fully saturated rings. The Labute approximate surface area is 207 Å². The van der Waals surface area contributed by atoms with Crippen molar-refractivity contribution < 1.29 is 4.42 Å². The van der Waals surface area contributed by atoms with Crippen molar-refractivity contribution in [3.05, 3.63) is 115 Å². The zero-order chi connectivity index (χ0) is 24.1. The number of nitrogens with zero attached hydrogens (tertiary/aromatic N) is 3. The first-order chi connectivity index (χ1) is 17.7. The van der Waals surface area contributed by atoms with Crippen LogP contribution in [0.3, 0.4) is 0 Å². The molecule has 0 unspecified atom stereocenters. The zero-order valence-corrected chi connectivity index (χ0v) is 19.6. The molecule has 170 valence electrons. The fourth-order valence-corrected chi connectivity index (χ4v) is 4.83. The molecule has 5 aromatic carbocycles. The number of furan rings is 1. The summed E-state index contributed by atoms with van der Waals surface area (Å²) in [5, 5.41) is 4.47. The van der Waals surface area contributed by atoms with E-state index in [0.717, 1.165) is 44.0 Å². The number of aromatic nitrogens is 3. The molecule has 0 aliphatic carbocycles. The smallest absolute Gasteiger partial charge is 0.167 e. The molecule has 0 radical (unpaired) electrons. The number of para-hydroxylation sites is 1. The second-order valence-corrected chi connectivity index (χ2v) is 8.99. The number of benzene rings is 5.